The van der Waals surface area contributed by atoms with Crippen molar-refractivity contribution in [3.63, 3.8) is 0 Å². The summed E-state index contributed by atoms with van der Waals surface area (Å²) < 4.78 is 2.94. The molecule has 1 saturated heterocycles. The molecule has 1 aliphatic heterocycles. The SMILES string of the molecule is CC(C)n1c(=O)n(CC2CC2)c(=O)c2cc(NC(=O)N3CCC(C(=O)Nc4ccc(C#N)c(Cl)c4)C3)ccc21. The van der Waals surface area contributed by atoms with E-state index in [1.807, 2.05) is 19.9 Å². The van der Waals surface area contributed by atoms with Crippen LogP contribution in [0.4, 0.5) is 16.2 Å². The maximum atomic E-state index is 13.3. The summed E-state index contributed by atoms with van der Waals surface area (Å²) in [7, 11) is 0. The minimum Gasteiger partial charge on any atom is -0.326 e. The molecular formula is C28H29ClN6O4. The Balaban J connectivity index is 1.30. The molecule has 0 spiro atoms. The highest BCUT2D eigenvalue weighted by Gasteiger charge is 2.31. The largest absolute Gasteiger partial charge is 0.331 e. The lowest BCUT2D eigenvalue weighted by atomic mass is 10.1. The Hall–Kier alpha value is -4.10. The first-order valence-electron chi connectivity index (χ1n) is 13.0. The zero-order valence-corrected chi connectivity index (χ0v) is 22.5. The third-order valence-electron chi connectivity index (χ3n) is 7.28. The Morgan fingerprint density at radius 3 is 2.46 bits per heavy atom. The maximum Gasteiger partial charge on any atom is 0.331 e. The van der Waals surface area contributed by atoms with E-state index in [0.717, 1.165) is 12.8 Å². The summed E-state index contributed by atoms with van der Waals surface area (Å²) in [5, 5.41) is 15.3. The van der Waals surface area contributed by atoms with Crippen molar-refractivity contribution in [2.24, 2.45) is 11.8 Å². The van der Waals surface area contributed by atoms with Crippen LogP contribution in [-0.2, 0) is 11.3 Å². The molecular weight excluding hydrogens is 520 g/mol. The molecule has 0 radical (unpaired) electrons. The first-order chi connectivity index (χ1) is 18.7. The molecule has 10 nitrogen and oxygen atoms in total. The normalized spacial score (nSPS) is 16.9. The van der Waals surface area contributed by atoms with Crippen LogP contribution >= 0.6 is 11.6 Å². The van der Waals surface area contributed by atoms with Gasteiger partial charge >= 0.3 is 11.7 Å². The number of hydrogen-bond acceptors (Lipinski definition) is 5. The summed E-state index contributed by atoms with van der Waals surface area (Å²) in [6.45, 7) is 4.84. The van der Waals surface area contributed by atoms with E-state index < -0.39 is 5.92 Å². The number of carbonyl (C=O) groups excluding carboxylic acids is 2. The van der Waals surface area contributed by atoms with Gasteiger partial charge in [-0.05, 0) is 75.4 Å². The maximum absolute atomic E-state index is 13.3. The molecule has 1 aromatic heterocycles. The Bertz CT molecular complexity index is 1630. The van der Waals surface area contributed by atoms with Crippen molar-refractivity contribution in [2.75, 3.05) is 23.7 Å². The number of benzene rings is 2. The number of nitriles is 1. The second kappa shape index (κ2) is 10.6. The van der Waals surface area contributed by atoms with Crippen LogP contribution in [0.5, 0.6) is 0 Å². The number of anilines is 2. The van der Waals surface area contributed by atoms with Crippen LogP contribution in [0.3, 0.4) is 0 Å². The summed E-state index contributed by atoms with van der Waals surface area (Å²) in [4.78, 5) is 53.7. The van der Waals surface area contributed by atoms with Crippen molar-refractivity contribution in [3.8, 4) is 6.07 Å². The standard InChI is InChI=1S/C28H29ClN6O4/c1-16(2)35-24-8-7-20(11-22(24)26(37)34(28(35)39)14-17-3-4-17)32-27(38)33-10-9-19(15-33)25(36)31-21-6-5-18(13-30)23(29)12-21/h5-8,11-12,16-17,19H,3-4,9-10,14-15H2,1-2H3,(H,31,36)(H,32,38). The average molecular weight is 549 g/mol. The molecule has 3 amide bonds. The van der Waals surface area contributed by atoms with Gasteiger partial charge in [0, 0.05) is 37.1 Å². The molecule has 2 aliphatic rings. The fourth-order valence-electron chi connectivity index (χ4n) is 4.97. The molecule has 2 N–H and O–H groups in total. The Labute approximate surface area is 229 Å². The van der Waals surface area contributed by atoms with Crippen molar-refractivity contribution in [1.29, 1.82) is 5.26 Å². The summed E-state index contributed by atoms with van der Waals surface area (Å²) in [5.41, 5.74) is 1.12. The quantitative estimate of drug-likeness (QED) is 0.477. The lowest BCUT2D eigenvalue weighted by Crippen LogP contribution is -2.41. The van der Waals surface area contributed by atoms with Gasteiger partial charge in [-0.1, -0.05) is 11.6 Å². The average Bonchev–Trinajstić information content (AvgIpc) is 3.58. The number of nitrogens with one attached hydrogen (secondary N) is 2. The fraction of sp³-hybridized carbons (Fsp3) is 0.393. The van der Waals surface area contributed by atoms with E-state index in [4.69, 9.17) is 16.9 Å². The van der Waals surface area contributed by atoms with E-state index >= 15 is 0 Å². The Morgan fingerprint density at radius 2 is 1.79 bits per heavy atom. The number of hydrogen-bond donors (Lipinski definition) is 2. The smallest absolute Gasteiger partial charge is 0.326 e. The third-order valence-corrected chi connectivity index (χ3v) is 7.59. The van der Waals surface area contributed by atoms with Crippen LogP contribution in [0, 0.1) is 23.2 Å². The number of urea groups is 1. The molecule has 11 heteroatoms. The third kappa shape index (κ3) is 5.40. The number of nitrogens with zero attached hydrogens (tertiary/aromatic N) is 4. The minimum atomic E-state index is -0.406. The number of amides is 3. The molecule has 2 fully saturated rings. The highest BCUT2D eigenvalue weighted by atomic mass is 35.5. The molecule has 2 heterocycles. The van der Waals surface area contributed by atoms with E-state index in [1.165, 1.54) is 16.7 Å². The summed E-state index contributed by atoms with van der Waals surface area (Å²) in [5.74, 6) is -0.290. The number of fused-ring (bicyclic) bond motifs is 1. The summed E-state index contributed by atoms with van der Waals surface area (Å²) in [6, 6.07) is 11.1. The lowest BCUT2D eigenvalue weighted by Gasteiger charge is -2.19. The molecule has 1 unspecified atom stereocenters. The monoisotopic (exact) mass is 548 g/mol. The minimum absolute atomic E-state index is 0.139. The highest BCUT2D eigenvalue weighted by Crippen LogP contribution is 2.30. The molecule has 1 aliphatic carbocycles. The topological polar surface area (TPSA) is 129 Å². The highest BCUT2D eigenvalue weighted by molar-refractivity contribution is 6.32. The lowest BCUT2D eigenvalue weighted by molar-refractivity contribution is -0.119. The molecule has 3 aromatic rings. The van der Waals surface area contributed by atoms with Crippen molar-refractivity contribution in [2.45, 2.75) is 45.7 Å². The van der Waals surface area contributed by atoms with E-state index in [9.17, 15) is 19.2 Å². The number of carbonyl (C=O) groups is 2. The van der Waals surface area contributed by atoms with Gasteiger partial charge in [-0.15, -0.1) is 0 Å². The van der Waals surface area contributed by atoms with Crippen molar-refractivity contribution in [1.82, 2.24) is 14.0 Å². The van der Waals surface area contributed by atoms with Crippen LogP contribution in [0.1, 0.15) is 44.7 Å². The van der Waals surface area contributed by atoms with Gasteiger partial charge in [0.15, 0.2) is 0 Å². The first-order valence-corrected chi connectivity index (χ1v) is 13.4. The summed E-state index contributed by atoms with van der Waals surface area (Å²) >= 11 is 6.05. The van der Waals surface area contributed by atoms with Crippen LogP contribution in [0.15, 0.2) is 46.0 Å². The van der Waals surface area contributed by atoms with Crippen LogP contribution in [0.25, 0.3) is 10.9 Å². The predicted octanol–water partition coefficient (Wildman–Crippen LogP) is 4.17. The molecule has 202 valence electrons. The second-order valence-corrected chi connectivity index (χ2v) is 10.9. The van der Waals surface area contributed by atoms with Gasteiger partial charge in [-0.25, -0.2) is 9.59 Å². The van der Waals surface area contributed by atoms with Crippen LogP contribution in [0.2, 0.25) is 5.02 Å². The van der Waals surface area contributed by atoms with E-state index in [0.29, 0.717) is 53.3 Å². The molecule has 1 saturated carbocycles. The van der Waals surface area contributed by atoms with Gasteiger partial charge in [0.25, 0.3) is 5.56 Å². The molecule has 2 aromatic carbocycles. The zero-order chi connectivity index (χ0) is 27.8. The first kappa shape index (κ1) is 26.5. The Morgan fingerprint density at radius 1 is 1.08 bits per heavy atom. The van der Waals surface area contributed by atoms with Crippen molar-refractivity contribution >= 4 is 45.8 Å². The van der Waals surface area contributed by atoms with Gasteiger partial charge < -0.3 is 15.5 Å². The molecule has 0 bridgehead atoms. The van der Waals surface area contributed by atoms with Gasteiger partial charge in [0.2, 0.25) is 5.91 Å². The molecule has 39 heavy (non-hydrogen) atoms. The van der Waals surface area contributed by atoms with E-state index in [1.54, 1.807) is 33.7 Å². The predicted molar refractivity (Wildman–Crippen MR) is 149 cm³/mol. The van der Waals surface area contributed by atoms with Crippen molar-refractivity contribution in [3.05, 3.63) is 67.8 Å². The second-order valence-electron chi connectivity index (χ2n) is 10.5. The van der Waals surface area contributed by atoms with Gasteiger partial charge in [0.05, 0.1) is 27.4 Å². The number of rotatable bonds is 6. The Kier molecular flexibility index (Phi) is 7.19. The number of halogens is 1. The number of aromatic nitrogens is 2. The van der Waals surface area contributed by atoms with E-state index in [-0.39, 0.29) is 40.8 Å². The zero-order valence-electron chi connectivity index (χ0n) is 21.7. The van der Waals surface area contributed by atoms with E-state index in [2.05, 4.69) is 10.6 Å². The van der Waals surface area contributed by atoms with Crippen LogP contribution < -0.4 is 21.9 Å². The van der Waals surface area contributed by atoms with Crippen LogP contribution in [-0.4, -0.2) is 39.1 Å². The molecule has 5 rings (SSSR count). The molecule has 1 atom stereocenters. The van der Waals surface area contributed by atoms with Gasteiger partial charge in [0.1, 0.15) is 6.07 Å². The van der Waals surface area contributed by atoms with Gasteiger partial charge in [-0.3, -0.25) is 18.7 Å². The fourth-order valence-corrected chi connectivity index (χ4v) is 5.19. The van der Waals surface area contributed by atoms with Gasteiger partial charge in [-0.2, -0.15) is 5.26 Å². The number of likely N-dealkylation sites (tertiary alicyclic amines) is 1. The van der Waals surface area contributed by atoms with Crippen molar-refractivity contribution < 1.29 is 9.59 Å². The summed E-state index contributed by atoms with van der Waals surface area (Å²) in [6.07, 6.45) is 2.52.